The predicted molar refractivity (Wildman–Crippen MR) is 93.7 cm³/mol. The molecule has 118 valence electrons. The lowest BCUT2D eigenvalue weighted by Crippen LogP contribution is -2.46. The van der Waals surface area contributed by atoms with Gasteiger partial charge in [-0.05, 0) is 30.5 Å². The van der Waals surface area contributed by atoms with Crippen molar-refractivity contribution in [2.24, 2.45) is 5.73 Å². The van der Waals surface area contributed by atoms with Gasteiger partial charge in [0.2, 0.25) is 5.91 Å². The van der Waals surface area contributed by atoms with Crippen molar-refractivity contribution in [2.75, 3.05) is 18.8 Å². The second-order valence-electron chi connectivity index (χ2n) is 4.97. The summed E-state index contributed by atoms with van der Waals surface area (Å²) in [5.41, 5.74) is 6.89. The maximum absolute atomic E-state index is 12.1. The molecule has 21 heavy (non-hydrogen) atoms. The average Bonchev–Trinajstić information content (AvgIpc) is 2.41. The Labute approximate surface area is 145 Å². The van der Waals surface area contributed by atoms with Gasteiger partial charge in [-0.1, -0.05) is 29.3 Å². The zero-order valence-electron chi connectivity index (χ0n) is 11.6. The molecular weight excluding hydrogens is 351 g/mol. The predicted octanol–water partition coefficient (Wildman–Crippen LogP) is 3.60. The number of amides is 1. The summed E-state index contributed by atoms with van der Waals surface area (Å²) >= 11 is 13.5. The molecule has 1 aliphatic rings. The first-order valence-electron chi connectivity index (χ1n) is 6.61. The zero-order valence-corrected chi connectivity index (χ0v) is 14.7. The molecule has 7 heteroatoms. The van der Waals surface area contributed by atoms with Crippen LogP contribution in [0.5, 0.6) is 0 Å². The number of thioether (sulfide) groups is 1. The van der Waals surface area contributed by atoms with Crippen LogP contribution in [0.3, 0.4) is 0 Å². The highest BCUT2D eigenvalue weighted by Crippen LogP contribution is 2.25. The number of nitrogens with two attached hydrogens (primary N) is 1. The van der Waals surface area contributed by atoms with Crippen LogP contribution in [0.25, 0.3) is 0 Å². The van der Waals surface area contributed by atoms with Crippen LogP contribution in [0.4, 0.5) is 0 Å². The Balaban J connectivity index is 0.00000220. The number of halogens is 3. The fraction of sp³-hybridized carbons (Fsp3) is 0.500. The van der Waals surface area contributed by atoms with Crippen LogP contribution in [0.2, 0.25) is 10.0 Å². The highest BCUT2D eigenvalue weighted by atomic mass is 35.5. The third kappa shape index (κ3) is 5.87. The van der Waals surface area contributed by atoms with Gasteiger partial charge in [0.15, 0.2) is 0 Å². The van der Waals surface area contributed by atoms with Crippen molar-refractivity contribution in [1.29, 1.82) is 0 Å². The smallest absolute Gasteiger partial charge is 0.232 e. The molecule has 0 saturated carbocycles. The minimum atomic E-state index is 0. The van der Waals surface area contributed by atoms with E-state index in [1.165, 1.54) is 0 Å². The van der Waals surface area contributed by atoms with Crippen molar-refractivity contribution < 1.29 is 4.79 Å². The van der Waals surface area contributed by atoms with E-state index in [1.54, 1.807) is 17.8 Å². The van der Waals surface area contributed by atoms with Gasteiger partial charge in [-0.2, -0.15) is 0 Å². The summed E-state index contributed by atoms with van der Waals surface area (Å²) in [7, 11) is 0. The Morgan fingerprint density at radius 2 is 2.19 bits per heavy atom. The van der Waals surface area contributed by atoms with Gasteiger partial charge in [-0.25, -0.2) is 0 Å². The molecule has 0 aliphatic carbocycles. The van der Waals surface area contributed by atoms with Crippen LogP contribution in [-0.2, 0) is 10.5 Å². The van der Waals surface area contributed by atoms with Gasteiger partial charge < -0.3 is 10.6 Å². The molecule has 2 N–H and O–H groups in total. The fourth-order valence-electron chi connectivity index (χ4n) is 2.21. The molecular formula is C14H19Cl3N2OS. The molecule has 1 aliphatic heterocycles. The van der Waals surface area contributed by atoms with Gasteiger partial charge in [0.05, 0.1) is 5.75 Å². The largest absolute Gasteiger partial charge is 0.340 e. The molecule has 1 amide bonds. The molecule has 1 atom stereocenters. The van der Waals surface area contributed by atoms with E-state index < -0.39 is 0 Å². The molecule has 0 spiro atoms. The molecule has 1 unspecified atom stereocenters. The summed E-state index contributed by atoms with van der Waals surface area (Å²) in [5.74, 6) is 1.34. The third-order valence-electron chi connectivity index (χ3n) is 3.31. The van der Waals surface area contributed by atoms with Crippen LogP contribution < -0.4 is 5.73 Å². The van der Waals surface area contributed by atoms with E-state index in [0.717, 1.165) is 24.9 Å². The van der Waals surface area contributed by atoms with Crippen molar-refractivity contribution in [1.82, 2.24) is 4.90 Å². The third-order valence-corrected chi connectivity index (χ3v) is 4.86. The number of carbonyl (C=O) groups excluding carboxylic acids is 1. The van der Waals surface area contributed by atoms with E-state index in [0.29, 0.717) is 28.1 Å². The number of hydrogen-bond acceptors (Lipinski definition) is 3. The van der Waals surface area contributed by atoms with Gasteiger partial charge in [-0.3, -0.25) is 4.79 Å². The van der Waals surface area contributed by atoms with E-state index in [9.17, 15) is 4.79 Å². The van der Waals surface area contributed by atoms with E-state index in [1.807, 2.05) is 17.0 Å². The van der Waals surface area contributed by atoms with E-state index in [4.69, 9.17) is 28.9 Å². The number of benzene rings is 1. The number of likely N-dealkylation sites (tertiary alicyclic amines) is 1. The maximum Gasteiger partial charge on any atom is 0.232 e. The Bertz CT molecular complexity index is 487. The van der Waals surface area contributed by atoms with E-state index in [-0.39, 0.29) is 24.4 Å². The number of nitrogens with zero attached hydrogens (tertiary/aromatic N) is 1. The first-order chi connectivity index (χ1) is 9.56. The molecule has 1 aromatic rings. The van der Waals surface area contributed by atoms with Crippen LogP contribution in [0, 0.1) is 0 Å². The summed E-state index contributed by atoms with van der Waals surface area (Å²) in [4.78, 5) is 13.9. The fourth-order valence-corrected chi connectivity index (χ4v) is 3.70. The van der Waals surface area contributed by atoms with Crippen LogP contribution in [0.1, 0.15) is 18.4 Å². The quantitative estimate of drug-likeness (QED) is 0.882. The van der Waals surface area contributed by atoms with Crippen molar-refractivity contribution in [3.63, 3.8) is 0 Å². The normalized spacial score (nSPS) is 18.2. The van der Waals surface area contributed by atoms with E-state index in [2.05, 4.69) is 0 Å². The highest BCUT2D eigenvalue weighted by Gasteiger charge is 2.20. The van der Waals surface area contributed by atoms with Crippen molar-refractivity contribution in [3.05, 3.63) is 33.8 Å². The monoisotopic (exact) mass is 368 g/mol. The van der Waals surface area contributed by atoms with Gasteiger partial charge >= 0.3 is 0 Å². The molecule has 1 saturated heterocycles. The maximum atomic E-state index is 12.1. The Morgan fingerprint density at radius 3 is 2.86 bits per heavy atom. The molecule has 2 rings (SSSR count). The summed E-state index contributed by atoms with van der Waals surface area (Å²) in [5, 5.41) is 1.28. The first kappa shape index (κ1) is 18.9. The number of carbonyl (C=O) groups is 1. The lowest BCUT2D eigenvalue weighted by molar-refractivity contribution is -0.129. The first-order valence-corrected chi connectivity index (χ1v) is 8.52. The summed E-state index contributed by atoms with van der Waals surface area (Å²) in [6, 6.07) is 5.57. The van der Waals surface area contributed by atoms with Crippen LogP contribution in [0.15, 0.2) is 18.2 Å². The number of rotatable bonds is 4. The number of hydrogen-bond donors (Lipinski definition) is 1. The van der Waals surface area contributed by atoms with Crippen LogP contribution in [-0.4, -0.2) is 35.7 Å². The standard InChI is InChI=1S/C14H18Cl2N2OS.ClH/c15-11-4-3-10(13(16)6-11)8-20-9-14(19)18-5-1-2-12(17)7-18;/h3-4,6,12H,1-2,5,7-9,17H2;1H. The molecule has 0 aromatic heterocycles. The van der Waals surface area contributed by atoms with Gasteiger partial charge in [-0.15, -0.1) is 24.2 Å². The topological polar surface area (TPSA) is 46.3 Å². The van der Waals surface area contributed by atoms with Gasteiger partial charge in [0, 0.05) is 34.9 Å². The van der Waals surface area contributed by atoms with Gasteiger partial charge in [0.1, 0.15) is 0 Å². The lowest BCUT2D eigenvalue weighted by Gasteiger charge is -2.30. The average molecular weight is 370 g/mol. The molecule has 1 heterocycles. The van der Waals surface area contributed by atoms with Crippen molar-refractivity contribution in [3.8, 4) is 0 Å². The van der Waals surface area contributed by atoms with Crippen LogP contribution >= 0.6 is 47.4 Å². The lowest BCUT2D eigenvalue weighted by atomic mass is 10.1. The second kappa shape index (κ2) is 9.11. The number of piperidine rings is 1. The Morgan fingerprint density at radius 1 is 1.43 bits per heavy atom. The zero-order chi connectivity index (χ0) is 14.5. The minimum absolute atomic E-state index is 0. The Kier molecular flexibility index (Phi) is 8.21. The second-order valence-corrected chi connectivity index (χ2v) is 6.80. The molecule has 0 bridgehead atoms. The highest BCUT2D eigenvalue weighted by molar-refractivity contribution is 7.99. The Hall–Kier alpha value is -0.130. The molecule has 1 aromatic carbocycles. The summed E-state index contributed by atoms with van der Waals surface area (Å²) < 4.78 is 0. The van der Waals surface area contributed by atoms with Gasteiger partial charge in [0.25, 0.3) is 0 Å². The summed E-state index contributed by atoms with van der Waals surface area (Å²) in [6.07, 6.45) is 2.01. The molecule has 0 radical (unpaired) electrons. The molecule has 1 fully saturated rings. The van der Waals surface area contributed by atoms with Crippen molar-refractivity contribution in [2.45, 2.75) is 24.6 Å². The molecule has 3 nitrogen and oxygen atoms in total. The SMILES string of the molecule is Cl.NC1CCCN(C(=O)CSCc2ccc(Cl)cc2Cl)C1. The minimum Gasteiger partial charge on any atom is -0.340 e. The van der Waals surface area contributed by atoms with E-state index >= 15 is 0 Å². The van der Waals surface area contributed by atoms with Crippen molar-refractivity contribution >= 4 is 53.3 Å². The summed E-state index contributed by atoms with van der Waals surface area (Å²) in [6.45, 7) is 1.51.